The van der Waals surface area contributed by atoms with E-state index in [2.05, 4.69) is 4.98 Å². The molecule has 8 heteroatoms. The highest BCUT2D eigenvalue weighted by molar-refractivity contribution is 6.44. The molecule has 22 heavy (non-hydrogen) atoms. The van der Waals surface area contributed by atoms with Crippen molar-refractivity contribution in [1.29, 1.82) is 0 Å². The maximum Gasteiger partial charge on any atom is 0.334 e. The molecule has 0 unspecified atom stereocenters. The van der Waals surface area contributed by atoms with Gasteiger partial charge in [-0.25, -0.2) is 14.7 Å². The highest BCUT2D eigenvalue weighted by atomic mass is 35.5. The van der Waals surface area contributed by atoms with Gasteiger partial charge < -0.3 is 4.57 Å². The Bertz CT molecular complexity index is 814. The molecule has 1 aliphatic rings. The number of carbonyl (C=O) groups is 3. The summed E-state index contributed by atoms with van der Waals surface area (Å²) in [4.78, 5) is 42.0. The van der Waals surface area contributed by atoms with Gasteiger partial charge >= 0.3 is 17.8 Å². The van der Waals surface area contributed by atoms with Crippen molar-refractivity contribution in [2.75, 3.05) is 6.54 Å². The van der Waals surface area contributed by atoms with Crippen molar-refractivity contribution in [3.05, 3.63) is 29.0 Å². The van der Waals surface area contributed by atoms with Gasteiger partial charge in [0, 0.05) is 18.6 Å². The van der Waals surface area contributed by atoms with Gasteiger partial charge in [-0.05, 0) is 25.1 Å². The van der Waals surface area contributed by atoms with Crippen molar-refractivity contribution in [1.82, 2.24) is 19.4 Å². The zero-order valence-electron chi connectivity index (χ0n) is 12.0. The average molecular weight is 321 g/mol. The number of hydrogen-bond acceptors (Lipinski definition) is 4. The predicted octanol–water partition coefficient (Wildman–Crippen LogP) is 1.54. The molecular weight excluding hydrogens is 308 g/mol. The fraction of sp³-hybridized carbons (Fsp3) is 0.286. The lowest BCUT2D eigenvalue weighted by Gasteiger charge is -2.13. The van der Waals surface area contributed by atoms with Gasteiger partial charge in [0.2, 0.25) is 0 Å². The molecule has 1 fully saturated rings. The van der Waals surface area contributed by atoms with E-state index in [0.29, 0.717) is 16.4 Å². The molecule has 1 aromatic heterocycles. The first-order chi connectivity index (χ1) is 10.4. The molecule has 7 nitrogen and oxygen atoms in total. The van der Waals surface area contributed by atoms with Crippen molar-refractivity contribution in [3.63, 3.8) is 0 Å². The van der Waals surface area contributed by atoms with E-state index in [1.165, 1.54) is 0 Å². The summed E-state index contributed by atoms with van der Waals surface area (Å²) in [5.41, 5.74) is 1.50. The summed E-state index contributed by atoms with van der Waals surface area (Å²) >= 11 is 5.93. The molecule has 3 rings (SSSR count). The Balaban J connectivity index is 1.97. The molecule has 2 aromatic rings. The Morgan fingerprint density at radius 3 is 2.45 bits per heavy atom. The number of rotatable bonds is 3. The van der Waals surface area contributed by atoms with Gasteiger partial charge in [-0.3, -0.25) is 14.5 Å². The van der Waals surface area contributed by atoms with E-state index in [-0.39, 0.29) is 13.1 Å². The Labute approximate surface area is 131 Å². The normalized spacial score (nSPS) is 15.5. The van der Waals surface area contributed by atoms with Gasteiger partial charge in [0.15, 0.2) is 0 Å². The number of fused-ring (bicyclic) bond motifs is 1. The molecule has 0 N–H and O–H groups in total. The number of halogens is 1. The molecule has 0 spiro atoms. The van der Waals surface area contributed by atoms with Crippen LogP contribution in [0.1, 0.15) is 12.7 Å². The fourth-order valence-electron chi connectivity index (χ4n) is 2.47. The van der Waals surface area contributed by atoms with Crippen LogP contribution in [0.5, 0.6) is 0 Å². The Morgan fingerprint density at radius 2 is 1.82 bits per heavy atom. The minimum absolute atomic E-state index is 0.0529. The molecule has 2 heterocycles. The van der Waals surface area contributed by atoms with Gasteiger partial charge in [-0.15, -0.1) is 0 Å². The van der Waals surface area contributed by atoms with E-state index in [0.717, 1.165) is 15.3 Å². The van der Waals surface area contributed by atoms with Crippen LogP contribution in [0.2, 0.25) is 5.02 Å². The number of aromatic nitrogens is 2. The number of imide groups is 2. The summed E-state index contributed by atoms with van der Waals surface area (Å²) in [5.74, 6) is -1.11. The van der Waals surface area contributed by atoms with E-state index < -0.39 is 17.8 Å². The first-order valence-electron chi connectivity index (χ1n) is 6.72. The van der Waals surface area contributed by atoms with E-state index in [4.69, 9.17) is 11.6 Å². The van der Waals surface area contributed by atoms with Crippen LogP contribution in [0.25, 0.3) is 11.0 Å². The molecule has 0 radical (unpaired) electrons. The number of imidazole rings is 1. The van der Waals surface area contributed by atoms with Crippen molar-refractivity contribution in [2.24, 2.45) is 7.05 Å². The minimum atomic E-state index is -0.822. The lowest BCUT2D eigenvalue weighted by atomic mass is 10.3. The maximum absolute atomic E-state index is 12.1. The predicted molar refractivity (Wildman–Crippen MR) is 79.1 cm³/mol. The van der Waals surface area contributed by atoms with Crippen molar-refractivity contribution in [3.8, 4) is 0 Å². The van der Waals surface area contributed by atoms with E-state index >= 15 is 0 Å². The number of hydrogen-bond donors (Lipinski definition) is 0. The lowest BCUT2D eigenvalue weighted by Crippen LogP contribution is -2.33. The topological polar surface area (TPSA) is 75.5 Å². The largest absolute Gasteiger partial charge is 0.334 e. The smallest absolute Gasteiger partial charge is 0.330 e. The third-order valence-electron chi connectivity index (χ3n) is 3.69. The molecule has 4 amide bonds. The summed E-state index contributed by atoms with van der Waals surface area (Å²) in [6.45, 7) is 1.75. The fourth-order valence-corrected chi connectivity index (χ4v) is 2.64. The molecule has 0 saturated carbocycles. The van der Waals surface area contributed by atoms with Gasteiger partial charge in [-0.1, -0.05) is 11.6 Å². The van der Waals surface area contributed by atoms with Crippen LogP contribution in [-0.2, 0) is 23.2 Å². The average Bonchev–Trinajstić information content (AvgIpc) is 2.89. The zero-order chi connectivity index (χ0) is 16.0. The maximum atomic E-state index is 12.1. The second kappa shape index (κ2) is 5.10. The first-order valence-corrected chi connectivity index (χ1v) is 7.10. The number of carbonyl (C=O) groups excluding carboxylic acids is 3. The van der Waals surface area contributed by atoms with Crippen molar-refractivity contribution < 1.29 is 14.4 Å². The van der Waals surface area contributed by atoms with Crippen LogP contribution in [-0.4, -0.2) is 43.7 Å². The third-order valence-corrected chi connectivity index (χ3v) is 3.92. The Kier molecular flexibility index (Phi) is 3.37. The molecule has 0 bridgehead atoms. The molecule has 1 saturated heterocycles. The summed E-state index contributed by atoms with van der Waals surface area (Å²) < 4.78 is 1.77. The SMILES string of the molecule is CCN1C(=O)C(=O)N(Cc2nc3cc(Cl)ccc3n2C)C1=O. The van der Waals surface area contributed by atoms with Gasteiger partial charge in [0.25, 0.3) is 0 Å². The number of urea groups is 1. The minimum Gasteiger partial charge on any atom is -0.330 e. The molecule has 0 atom stereocenters. The second-order valence-electron chi connectivity index (χ2n) is 4.94. The lowest BCUT2D eigenvalue weighted by molar-refractivity contribution is -0.143. The summed E-state index contributed by atoms with van der Waals surface area (Å²) in [6.07, 6.45) is 0. The monoisotopic (exact) mass is 320 g/mol. The highest BCUT2D eigenvalue weighted by Crippen LogP contribution is 2.22. The summed E-state index contributed by atoms with van der Waals surface area (Å²) in [7, 11) is 1.78. The van der Waals surface area contributed by atoms with Crippen LogP contribution < -0.4 is 0 Å². The number of amides is 4. The molecular formula is C14H13ClN4O3. The van der Waals surface area contributed by atoms with Crippen LogP contribution in [0.15, 0.2) is 18.2 Å². The summed E-state index contributed by atoms with van der Waals surface area (Å²) in [5, 5.41) is 0.554. The standard InChI is InChI=1S/C14H13ClN4O3/c1-3-18-12(20)13(21)19(14(18)22)7-11-16-9-6-8(15)4-5-10(9)17(11)2/h4-6H,3,7H2,1-2H3. The zero-order valence-corrected chi connectivity index (χ0v) is 12.8. The van der Waals surface area contributed by atoms with Crippen molar-refractivity contribution >= 4 is 40.5 Å². The molecule has 0 aliphatic carbocycles. The van der Waals surface area contributed by atoms with Crippen LogP contribution in [0.3, 0.4) is 0 Å². The highest BCUT2D eigenvalue weighted by Gasteiger charge is 2.43. The quantitative estimate of drug-likeness (QED) is 0.635. The van der Waals surface area contributed by atoms with Crippen LogP contribution >= 0.6 is 11.6 Å². The van der Waals surface area contributed by atoms with E-state index in [9.17, 15) is 14.4 Å². The number of likely N-dealkylation sites (N-methyl/N-ethyl adjacent to an activating group) is 1. The van der Waals surface area contributed by atoms with Crippen molar-refractivity contribution in [2.45, 2.75) is 13.5 Å². The van der Waals surface area contributed by atoms with E-state index in [1.54, 1.807) is 30.7 Å². The number of benzene rings is 1. The van der Waals surface area contributed by atoms with Gasteiger partial charge in [0.1, 0.15) is 5.82 Å². The summed E-state index contributed by atoms with van der Waals surface area (Å²) in [6, 6.07) is 4.65. The van der Waals surface area contributed by atoms with Gasteiger partial charge in [0.05, 0.1) is 17.6 Å². The third kappa shape index (κ3) is 2.05. The second-order valence-corrected chi connectivity index (χ2v) is 5.38. The molecule has 114 valence electrons. The van der Waals surface area contributed by atoms with Gasteiger partial charge in [-0.2, -0.15) is 0 Å². The van der Waals surface area contributed by atoms with Crippen LogP contribution in [0, 0.1) is 0 Å². The number of nitrogens with zero attached hydrogens (tertiary/aromatic N) is 4. The molecule has 1 aliphatic heterocycles. The Morgan fingerprint density at radius 1 is 1.14 bits per heavy atom. The van der Waals surface area contributed by atoms with E-state index in [1.807, 2.05) is 6.07 Å². The number of aryl methyl sites for hydroxylation is 1. The van der Waals surface area contributed by atoms with Crippen LogP contribution in [0.4, 0.5) is 4.79 Å². The Hall–Kier alpha value is -2.41. The first kappa shape index (κ1) is 14.5. The molecule has 1 aromatic carbocycles.